The fourth-order valence-corrected chi connectivity index (χ4v) is 5.03. The lowest BCUT2D eigenvalue weighted by Gasteiger charge is -2.27. The highest BCUT2D eigenvalue weighted by Crippen LogP contribution is 2.26. The first kappa shape index (κ1) is 24.0. The van der Waals surface area contributed by atoms with Gasteiger partial charge in [0.15, 0.2) is 6.29 Å². The lowest BCUT2D eigenvalue weighted by atomic mass is 10.2. The third-order valence-corrected chi connectivity index (χ3v) is 8.05. The van der Waals surface area contributed by atoms with Gasteiger partial charge in [0, 0.05) is 55.9 Å². The molecule has 5 rings (SSSR count). The van der Waals surface area contributed by atoms with Gasteiger partial charge in [-0.15, -0.1) is 0 Å². The van der Waals surface area contributed by atoms with Crippen LogP contribution in [0.1, 0.15) is 19.3 Å². The number of ether oxygens (including phenoxy) is 3. The first-order valence-corrected chi connectivity index (χ1v) is 16.1. The van der Waals surface area contributed by atoms with Crippen molar-refractivity contribution in [3.8, 4) is 5.88 Å². The van der Waals surface area contributed by atoms with Crippen molar-refractivity contribution in [1.82, 2.24) is 9.55 Å². The molecule has 0 aliphatic carbocycles. The molecule has 186 valence electrons. The molecule has 0 bridgehead atoms. The number of benzene rings is 1. The maximum absolute atomic E-state index is 6.47. The van der Waals surface area contributed by atoms with E-state index in [-0.39, 0.29) is 6.29 Å². The molecule has 2 N–H and O–H groups in total. The van der Waals surface area contributed by atoms with Crippen LogP contribution in [0.4, 0.5) is 5.69 Å². The summed E-state index contributed by atoms with van der Waals surface area (Å²) >= 11 is 0. The van der Waals surface area contributed by atoms with Gasteiger partial charge in [-0.1, -0.05) is 19.6 Å². The van der Waals surface area contributed by atoms with Gasteiger partial charge in [-0.05, 0) is 49.2 Å². The van der Waals surface area contributed by atoms with E-state index < -0.39 is 14.4 Å². The molecular formula is C26H35N5O3Si. The summed E-state index contributed by atoms with van der Waals surface area (Å²) in [6.45, 7) is 9.07. The van der Waals surface area contributed by atoms with E-state index >= 15 is 0 Å². The maximum atomic E-state index is 6.47. The molecule has 2 aliphatic rings. The molecule has 1 aromatic carbocycles. The van der Waals surface area contributed by atoms with Crippen LogP contribution in [0, 0.1) is 0 Å². The van der Waals surface area contributed by atoms with Crippen LogP contribution in [0.25, 0.3) is 17.1 Å². The van der Waals surface area contributed by atoms with Crippen LogP contribution in [0.3, 0.4) is 0 Å². The molecule has 8 nitrogen and oxygen atoms in total. The Morgan fingerprint density at radius 2 is 2.03 bits per heavy atom. The van der Waals surface area contributed by atoms with Gasteiger partial charge in [0.05, 0.1) is 12.1 Å². The van der Waals surface area contributed by atoms with Crippen LogP contribution in [0.15, 0.2) is 47.6 Å². The Bertz CT molecular complexity index is 1300. The smallest absolute Gasteiger partial charge is 0.216 e. The molecule has 0 saturated carbocycles. The zero-order chi connectivity index (χ0) is 24.4. The van der Waals surface area contributed by atoms with Crippen molar-refractivity contribution in [2.45, 2.75) is 64.3 Å². The lowest BCUT2D eigenvalue weighted by molar-refractivity contribution is -0.107. The Morgan fingerprint density at radius 3 is 2.83 bits per heavy atom. The first-order chi connectivity index (χ1) is 16.9. The quantitative estimate of drug-likeness (QED) is 0.382. The summed E-state index contributed by atoms with van der Waals surface area (Å²) in [4.78, 5) is 11.4. The Morgan fingerprint density at radius 1 is 1.14 bits per heavy atom. The highest BCUT2D eigenvalue weighted by atomic mass is 28.3. The summed E-state index contributed by atoms with van der Waals surface area (Å²) in [6.07, 6.45) is 6.45. The molecule has 0 spiro atoms. The summed E-state index contributed by atoms with van der Waals surface area (Å²) in [5.74, 6) is 0.589. The van der Waals surface area contributed by atoms with Gasteiger partial charge in [-0.3, -0.25) is 5.73 Å². The zero-order valence-electron chi connectivity index (χ0n) is 20.8. The average Bonchev–Trinajstić information content (AvgIpc) is 3.22. The number of rotatable bonds is 8. The monoisotopic (exact) mass is 493 g/mol. The number of anilines is 1. The van der Waals surface area contributed by atoms with Crippen LogP contribution in [-0.2, 0) is 16.2 Å². The molecule has 2 aromatic heterocycles. The molecule has 0 radical (unpaired) electrons. The highest BCUT2D eigenvalue weighted by molar-refractivity contribution is 6.76. The SMILES string of the molecule is C[Si](C)(C)CCOCn1ccc2c1=NC(N)N(c1ccc3nc(OC4CCCCO4)ccc3c1)C=2. The predicted octanol–water partition coefficient (Wildman–Crippen LogP) is 3.37. The number of hydrogen-bond acceptors (Lipinski definition) is 7. The molecule has 9 heteroatoms. The normalized spacial score (nSPS) is 20.3. The molecule has 0 amide bonds. The van der Waals surface area contributed by atoms with Crippen molar-refractivity contribution in [3.63, 3.8) is 0 Å². The Kier molecular flexibility index (Phi) is 6.92. The van der Waals surface area contributed by atoms with E-state index in [0.717, 1.165) is 65.8 Å². The van der Waals surface area contributed by atoms with Gasteiger partial charge in [-0.2, -0.15) is 0 Å². The second-order valence-corrected chi connectivity index (χ2v) is 16.1. The van der Waals surface area contributed by atoms with Crippen molar-refractivity contribution in [1.29, 1.82) is 0 Å². The van der Waals surface area contributed by atoms with E-state index in [1.165, 1.54) is 0 Å². The molecule has 3 aromatic rings. The standard InChI is InChI=1S/C26H35N5O3Si/c1-35(2,3)15-14-32-18-30-12-11-20-17-31(26(27)29-25(20)30)21-8-9-22-19(16-21)7-10-23(28-22)34-24-6-4-5-13-33-24/h7-12,16-17,24,26H,4-6,13-15,18,27H2,1-3H3. The Labute approximate surface area is 207 Å². The van der Waals surface area contributed by atoms with Gasteiger partial charge in [-0.25, -0.2) is 9.98 Å². The van der Waals surface area contributed by atoms with Gasteiger partial charge in [0.1, 0.15) is 12.2 Å². The molecule has 2 aliphatic heterocycles. The Balaban J connectivity index is 1.31. The van der Waals surface area contributed by atoms with Gasteiger partial charge in [0.2, 0.25) is 12.2 Å². The average molecular weight is 494 g/mol. The van der Waals surface area contributed by atoms with Gasteiger partial charge < -0.3 is 23.7 Å². The number of aromatic nitrogens is 2. The summed E-state index contributed by atoms with van der Waals surface area (Å²) in [5, 5.41) is 2.04. The van der Waals surface area contributed by atoms with Crippen LogP contribution < -0.4 is 26.1 Å². The lowest BCUT2D eigenvalue weighted by Crippen LogP contribution is -2.47. The first-order valence-electron chi connectivity index (χ1n) is 12.4. The number of nitrogens with two attached hydrogens (primary N) is 1. The second-order valence-electron chi connectivity index (χ2n) is 10.4. The third kappa shape index (κ3) is 5.75. The zero-order valence-corrected chi connectivity index (χ0v) is 21.8. The maximum Gasteiger partial charge on any atom is 0.216 e. The molecule has 4 heterocycles. The Hall–Kier alpha value is -2.72. The molecule has 1 saturated heterocycles. The minimum absolute atomic E-state index is 0.206. The van der Waals surface area contributed by atoms with Gasteiger partial charge >= 0.3 is 0 Å². The van der Waals surface area contributed by atoms with E-state index in [0.29, 0.717) is 12.6 Å². The second kappa shape index (κ2) is 10.1. The van der Waals surface area contributed by atoms with E-state index in [9.17, 15) is 0 Å². The highest BCUT2D eigenvalue weighted by Gasteiger charge is 2.19. The summed E-state index contributed by atoms with van der Waals surface area (Å²) in [7, 11) is -1.11. The molecule has 2 atom stereocenters. The topological polar surface area (TPSA) is 87.1 Å². The number of pyridine rings is 1. The number of nitrogens with zero attached hydrogens (tertiary/aromatic N) is 4. The van der Waals surface area contributed by atoms with E-state index in [1.54, 1.807) is 0 Å². The minimum atomic E-state index is -1.11. The minimum Gasteiger partial charge on any atom is -0.448 e. The van der Waals surface area contributed by atoms with E-state index in [2.05, 4.69) is 43.0 Å². The third-order valence-electron chi connectivity index (χ3n) is 6.34. The van der Waals surface area contributed by atoms with Crippen molar-refractivity contribution < 1.29 is 14.2 Å². The molecule has 1 fully saturated rings. The van der Waals surface area contributed by atoms with Crippen molar-refractivity contribution >= 4 is 30.9 Å². The van der Waals surface area contributed by atoms with Crippen LogP contribution >= 0.6 is 0 Å². The molecule has 2 unspecified atom stereocenters. The van der Waals surface area contributed by atoms with Crippen molar-refractivity contribution in [3.05, 3.63) is 53.3 Å². The van der Waals surface area contributed by atoms with Gasteiger partial charge in [0.25, 0.3) is 0 Å². The summed E-state index contributed by atoms with van der Waals surface area (Å²) < 4.78 is 19.5. The fourth-order valence-electron chi connectivity index (χ4n) is 4.28. The van der Waals surface area contributed by atoms with E-state index in [1.807, 2.05) is 39.9 Å². The summed E-state index contributed by atoms with van der Waals surface area (Å²) in [5.41, 5.74) is 9.16. The fraction of sp³-hybridized carbons (Fsp3) is 0.462. The molecule has 35 heavy (non-hydrogen) atoms. The van der Waals surface area contributed by atoms with Crippen LogP contribution in [-0.4, -0.2) is 43.4 Å². The number of fused-ring (bicyclic) bond motifs is 2. The van der Waals surface area contributed by atoms with Crippen LogP contribution in [0.5, 0.6) is 5.88 Å². The predicted molar refractivity (Wildman–Crippen MR) is 140 cm³/mol. The largest absolute Gasteiger partial charge is 0.448 e. The molecular weight excluding hydrogens is 458 g/mol. The van der Waals surface area contributed by atoms with E-state index in [4.69, 9.17) is 24.9 Å². The summed E-state index contributed by atoms with van der Waals surface area (Å²) in [6, 6.07) is 13.2. The van der Waals surface area contributed by atoms with Crippen molar-refractivity contribution in [2.24, 2.45) is 10.7 Å². The van der Waals surface area contributed by atoms with Crippen LogP contribution in [0.2, 0.25) is 25.7 Å². The van der Waals surface area contributed by atoms with Crippen molar-refractivity contribution in [2.75, 3.05) is 18.1 Å². The number of hydrogen-bond donors (Lipinski definition) is 1.